The van der Waals surface area contributed by atoms with E-state index in [1.807, 2.05) is 29.2 Å². The fraction of sp³-hybridized carbons (Fsp3) is 0.269. The summed E-state index contributed by atoms with van der Waals surface area (Å²) < 4.78 is 24.3. The van der Waals surface area contributed by atoms with Crippen molar-refractivity contribution in [3.8, 4) is 22.4 Å². The molecule has 0 spiro atoms. The van der Waals surface area contributed by atoms with Crippen LogP contribution in [0.15, 0.2) is 67.4 Å². The van der Waals surface area contributed by atoms with Gasteiger partial charge in [0.05, 0.1) is 36.5 Å². The molecule has 4 aromatic rings. The summed E-state index contributed by atoms with van der Waals surface area (Å²) in [5, 5.41) is 10.1. The molecule has 1 unspecified atom stereocenters. The number of anilines is 1. The van der Waals surface area contributed by atoms with Crippen molar-refractivity contribution < 1.29 is 13.9 Å². The summed E-state index contributed by atoms with van der Waals surface area (Å²) in [5.41, 5.74) is 4.84. The zero-order valence-electron chi connectivity index (χ0n) is 19.0. The minimum Gasteiger partial charge on any atom is -0.381 e. The molecule has 0 bridgehead atoms. The lowest BCUT2D eigenvalue weighted by atomic mass is 10.0. The molecule has 2 aliphatic rings. The van der Waals surface area contributed by atoms with Crippen LogP contribution in [-0.4, -0.2) is 45.1 Å². The smallest absolute Gasteiger partial charge is 0.319 e. The minimum atomic E-state index is -0.415. The first-order valence-corrected chi connectivity index (χ1v) is 11.7. The Balaban J connectivity index is 1.11. The number of rotatable bonds is 5. The van der Waals surface area contributed by atoms with Crippen LogP contribution in [-0.2, 0) is 4.74 Å². The fourth-order valence-electron chi connectivity index (χ4n) is 4.96. The number of nitrogens with one attached hydrogen (secondary N) is 2. The number of fused-ring (bicyclic) bond motifs is 3. The highest BCUT2D eigenvalue weighted by Crippen LogP contribution is 2.38. The standard InChI is InChI=1S/C26H25FN6O2/c27-23-11-18(5-6-20(23)17-12-30-33(15-17)19-7-9-35-10-8-19)31-26(34)29-14-25-22-4-2-1-3-21(22)24-13-28-16-32(24)25/h1-6,11-13,15-16,19,25H,7-10,14H2,(H2,29,31,34). The van der Waals surface area contributed by atoms with Gasteiger partial charge in [-0.2, -0.15) is 5.10 Å². The molecule has 2 aromatic heterocycles. The third-order valence-electron chi connectivity index (χ3n) is 6.76. The molecule has 0 aliphatic carbocycles. The van der Waals surface area contributed by atoms with Gasteiger partial charge in [0.25, 0.3) is 0 Å². The van der Waals surface area contributed by atoms with E-state index in [0.29, 0.717) is 36.6 Å². The Labute approximate surface area is 201 Å². The molecular formula is C26H25FN6O2. The quantitative estimate of drug-likeness (QED) is 0.444. The zero-order chi connectivity index (χ0) is 23.8. The third kappa shape index (κ3) is 4.08. The van der Waals surface area contributed by atoms with Crippen molar-refractivity contribution in [2.45, 2.75) is 24.9 Å². The van der Waals surface area contributed by atoms with Crippen molar-refractivity contribution in [3.05, 3.63) is 78.8 Å². The predicted molar refractivity (Wildman–Crippen MR) is 130 cm³/mol. The average molecular weight is 473 g/mol. The van der Waals surface area contributed by atoms with Crippen molar-refractivity contribution in [2.24, 2.45) is 0 Å². The maximum atomic E-state index is 14.9. The number of ether oxygens (including phenoxy) is 1. The first-order valence-electron chi connectivity index (χ1n) is 11.7. The van der Waals surface area contributed by atoms with Crippen molar-refractivity contribution in [1.82, 2.24) is 24.6 Å². The van der Waals surface area contributed by atoms with Crippen molar-refractivity contribution in [2.75, 3.05) is 25.1 Å². The van der Waals surface area contributed by atoms with Crippen molar-refractivity contribution >= 4 is 11.7 Å². The minimum absolute atomic E-state index is 0.0409. The van der Waals surface area contributed by atoms with Crippen LogP contribution < -0.4 is 10.6 Å². The largest absolute Gasteiger partial charge is 0.381 e. The van der Waals surface area contributed by atoms with E-state index in [2.05, 4.69) is 37.4 Å². The Hall–Kier alpha value is -3.98. The molecule has 2 amide bonds. The fourth-order valence-corrected chi connectivity index (χ4v) is 4.96. The second-order valence-corrected chi connectivity index (χ2v) is 8.87. The second-order valence-electron chi connectivity index (χ2n) is 8.87. The first kappa shape index (κ1) is 21.5. The van der Waals surface area contributed by atoms with Crippen molar-refractivity contribution in [1.29, 1.82) is 0 Å². The summed E-state index contributed by atoms with van der Waals surface area (Å²) >= 11 is 0. The molecule has 178 valence electrons. The van der Waals surface area contributed by atoms with Gasteiger partial charge in [-0.1, -0.05) is 24.3 Å². The molecule has 6 rings (SSSR count). The number of benzene rings is 2. The van der Waals surface area contributed by atoms with E-state index in [0.717, 1.165) is 29.7 Å². The van der Waals surface area contributed by atoms with Crippen molar-refractivity contribution in [3.63, 3.8) is 0 Å². The number of amides is 2. The Bertz CT molecular complexity index is 1370. The van der Waals surface area contributed by atoms with Gasteiger partial charge in [0, 0.05) is 48.3 Å². The van der Waals surface area contributed by atoms with Gasteiger partial charge < -0.3 is 19.9 Å². The summed E-state index contributed by atoms with van der Waals surface area (Å²) in [6.45, 7) is 1.82. The first-order chi connectivity index (χ1) is 17.2. The number of urea groups is 1. The summed E-state index contributed by atoms with van der Waals surface area (Å²) in [5.74, 6) is -0.415. The van der Waals surface area contributed by atoms with Crippen LogP contribution in [0.25, 0.3) is 22.4 Å². The van der Waals surface area contributed by atoms with E-state index in [1.165, 1.54) is 6.07 Å². The molecular weight excluding hydrogens is 447 g/mol. The molecule has 2 aromatic carbocycles. The van der Waals surface area contributed by atoms with E-state index < -0.39 is 11.8 Å². The number of carbonyl (C=O) groups excluding carboxylic acids is 1. The number of halogens is 1. The third-order valence-corrected chi connectivity index (χ3v) is 6.76. The van der Waals surface area contributed by atoms with Crippen LogP contribution in [0, 0.1) is 5.82 Å². The predicted octanol–water partition coefficient (Wildman–Crippen LogP) is 4.63. The normalized spacial score (nSPS) is 17.1. The molecule has 0 radical (unpaired) electrons. The zero-order valence-corrected chi connectivity index (χ0v) is 19.0. The van der Waals surface area contributed by atoms with Crippen LogP contribution in [0.3, 0.4) is 0 Å². The van der Waals surface area contributed by atoms with E-state index in [1.54, 1.807) is 24.7 Å². The molecule has 1 fully saturated rings. The Morgan fingerprint density at radius 2 is 1.97 bits per heavy atom. The molecule has 0 saturated carbocycles. The molecule has 35 heavy (non-hydrogen) atoms. The molecule has 9 heteroatoms. The highest BCUT2D eigenvalue weighted by molar-refractivity contribution is 5.89. The molecule has 1 atom stereocenters. The van der Waals surface area contributed by atoms with Crippen LogP contribution >= 0.6 is 0 Å². The molecule has 8 nitrogen and oxygen atoms in total. The molecule has 2 aliphatic heterocycles. The number of aromatic nitrogens is 4. The summed E-state index contributed by atoms with van der Waals surface area (Å²) in [7, 11) is 0. The van der Waals surface area contributed by atoms with Gasteiger partial charge >= 0.3 is 6.03 Å². The highest BCUT2D eigenvalue weighted by atomic mass is 19.1. The summed E-state index contributed by atoms with van der Waals surface area (Å²) in [6, 6.07) is 12.6. The lowest BCUT2D eigenvalue weighted by molar-refractivity contribution is 0.0662. The molecule has 4 heterocycles. The van der Waals surface area contributed by atoms with Gasteiger partial charge in [-0.25, -0.2) is 14.2 Å². The van der Waals surface area contributed by atoms with Gasteiger partial charge in [0.15, 0.2) is 0 Å². The Morgan fingerprint density at radius 1 is 1.11 bits per heavy atom. The van der Waals surface area contributed by atoms with E-state index >= 15 is 0 Å². The van der Waals surface area contributed by atoms with Gasteiger partial charge in [-0.3, -0.25) is 4.68 Å². The molecule has 1 saturated heterocycles. The van der Waals surface area contributed by atoms with Crippen LogP contribution in [0.4, 0.5) is 14.9 Å². The number of imidazole rings is 1. The average Bonchev–Trinajstić information content (AvgIpc) is 3.61. The monoisotopic (exact) mass is 472 g/mol. The Kier molecular flexibility index (Phi) is 5.54. The highest BCUT2D eigenvalue weighted by Gasteiger charge is 2.28. The van der Waals surface area contributed by atoms with Gasteiger partial charge in [0.1, 0.15) is 5.82 Å². The maximum Gasteiger partial charge on any atom is 0.319 e. The summed E-state index contributed by atoms with van der Waals surface area (Å²) in [6.07, 6.45) is 8.95. The number of hydrogen-bond acceptors (Lipinski definition) is 4. The number of nitrogens with zero attached hydrogens (tertiary/aromatic N) is 4. The van der Waals surface area contributed by atoms with Crippen LogP contribution in [0.1, 0.15) is 30.5 Å². The molecule has 2 N–H and O–H groups in total. The summed E-state index contributed by atoms with van der Waals surface area (Å²) in [4.78, 5) is 16.8. The number of carbonyl (C=O) groups is 1. The van der Waals surface area contributed by atoms with Gasteiger partial charge in [0.2, 0.25) is 0 Å². The van der Waals surface area contributed by atoms with E-state index in [-0.39, 0.29) is 12.1 Å². The SMILES string of the molecule is O=C(NCC1c2ccccc2-c2cncn21)Nc1ccc(-c2cnn(C3CCOCC3)c2)c(F)c1. The van der Waals surface area contributed by atoms with E-state index in [9.17, 15) is 9.18 Å². The maximum absolute atomic E-state index is 14.9. The lowest BCUT2D eigenvalue weighted by Gasteiger charge is -2.22. The van der Waals surface area contributed by atoms with Gasteiger partial charge in [-0.15, -0.1) is 0 Å². The topological polar surface area (TPSA) is 86.0 Å². The number of hydrogen-bond donors (Lipinski definition) is 2. The second kappa shape index (κ2) is 8.99. The van der Waals surface area contributed by atoms with Crippen LogP contribution in [0.5, 0.6) is 0 Å². The van der Waals surface area contributed by atoms with Gasteiger partial charge in [-0.05, 0) is 36.6 Å². The van der Waals surface area contributed by atoms with E-state index in [4.69, 9.17) is 4.74 Å². The lowest BCUT2D eigenvalue weighted by Crippen LogP contribution is -2.33. The van der Waals surface area contributed by atoms with Crippen LogP contribution in [0.2, 0.25) is 0 Å². The Morgan fingerprint density at radius 3 is 2.83 bits per heavy atom.